The van der Waals surface area contributed by atoms with Gasteiger partial charge in [-0.25, -0.2) is 0 Å². The minimum atomic E-state index is 0.0462. The maximum Gasteiger partial charge on any atom is 0.163 e. The number of rotatable bonds is 6. The average molecular weight is 223 g/mol. The van der Waals surface area contributed by atoms with Crippen molar-refractivity contribution >= 4 is 5.78 Å². The van der Waals surface area contributed by atoms with Crippen LogP contribution in [0.2, 0.25) is 0 Å². The number of Topliss-reactive ketones (excluding diaryl/α,β-unsaturated/α-hetero) is 1. The topological polar surface area (TPSA) is 61.5 Å². The number of para-hydroxylation sites is 1. The van der Waals surface area contributed by atoms with Gasteiger partial charge in [0.05, 0.1) is 20.8 Å². The highest BCUT2D eigenvalue weighted by Gasteiger charge is 2.10. The Morgan fingerprint density at radius 3 is 2.62 bits per heavy atom. The second-order valence-corrected chi connectivity index (χ2v) is 3.40. The van der Waals surface area contributed by atoms with Gasteiger partial charge in [-0.05, 0) is 18.1 Å². The lowest BCUT2D eigenvalue weighted by atomic mass is 10.1. The predicted molar refractivity (Wildman–Crippen MR) is 61.9 cm³/mol. The van der Waals surface area contributed by atoms with Crippen molar-refractivity contribution in [3.63, 3.8) is 0 Å². The number of carbonyl (C=O) groups excluding carboxylic acids is 1. The van der Waals surface area contributed by atoms with E-state index in [1.165, 1.54) is 0 Å². The Labute approximate surface area is 95.3 Å². The molecule has 4 nitrogen and oxygen atoms in total. The lowest BCUT2D eigenvalue weighted by Crippen LogP contribution is -2.14. The normalized spacial score (nSPS) is 9.94. The number of hydrogen-bond acceptors (Lipinski definition) is 4. The highest BCUT2D eigenvalue weighted by Crippen LogP contribution is 2.31. The van der Waals surface area contributed by atoms with Crippen LogP contribution < -0.4 is 15.2 Å². The van der Waals surface area contributed by atoms with Gasteiger partial charge >= 0.3 is 0 Å². The molecule has 0 fully saturated rings. The maximum atomic E-state index is 11.1. The minimum Gasteiger partial charge on any atom is -0.493 e. The molecule has 0 aromatic heterocycles. The number of ether oxygens (including phenoxy) is 2. The first-order valence-electron chi connectivity index (χ1n) is 5.14. The molecule has 0 aliphatic heterocycles. The molecule has 4 heteroatoms. The minimum absolute atomic E-state index is 0.0462. The first kappa shape index (κ1) is 12.5. The zero-order valence-electron chi connectivity index (χ0n) is 9.66. The van der Waals surface area contributed by atoms with Crippen LogP contribution in [0.15, 0.2) is 18.2 Å². The van der Waals surface area contributed by atoms with Gasteiger partial charge in [-0.15, -0.1) is 0 Å². The predicted octanol–water partition coefficient (Wildman–Crippen LogP) is 1.16. The summed E-state index contributed by atoms with van der Waals surface area (Å²) in [5, 5.41) is 0. The summed E-state index contributed by atoms with van der Waals surface area (Å²) < 4.78 is 10.4. The van der Waals surface area contributed by atoms with Gasteiger partial charge in [0.2, 0.25) is 0 Å². The number of benzene rings is 1. The van der Waals surface area contributed by atoms with Crippen molar-refractivity contribution in [3.05, 3.63) is 23.8 Å². The third-order valence-electron chi connectivity index (χ3n) is 2.39. The van der Waals surface area contributed by atoms with E-state index in [1.807, 2.05) is 18.2 Å². The molecule has 0 aliphatic rings. The molecule has 0 aliphatic carbocycles. The molecular formula is C12H17NO3. The molecule has 1 rings (SSSR count). The van der Waals surface area contributed by atoms with Gasteiger partial charge in [0.1, 0.15) is 5.78 Å². The van der Waals surface area contributed by atoms with E-state index in [-0.39, 0.29) is 12.3 Å². The van der Waals surface area contributed by atoms with Crippen LogP contribution in [0.4, 0.5) is 0 Å². The Hall–Kier alpha value is -1.55. The number of hydrogen-bond donors (Lipinski definition) is 1. The monoisotopic (exact) mass is 223 g/mol. The van der Waals surface area contributed by atoms with E-state index in [2.05, 4.69) is 0 Å². The smallest absolute Gasteiger partial charge is 0.163 e. The SMILES string of the molecule is COc1cccc(CCC(=O)CN)c1OC. The van der Waals surface area contributed by atoms with Gasteiger partial charge in [-0.2, -0.15) is 0 Å². The number of methoxy groups -OCH3 is 2. The van der Waals surface area contributed by atoms with Crippen LogP contribution in [0.5, 0.6) is 11.5 Å². The fraction of sp³-hybridized carbons (Fsp3) is 0.417. The highest BCUT2D eigenvalue weighted by atomic mass is 16.5. The van der Waals surface area contributed by atoms with Crippen LogP contribution in [0, 0.1) is 0 Å². The van der Waals surface area contributed by atoms with Crippen LogP contribution in [-0.4, -0.2) is 26.5 Å². The van der Waals surface area contributed by atoms with E-state index in [0.717, 1.165) is 5.56 Å². The van der Waals surface area contributed by atoms with E-state index >= 15 is 0 Å². The first-order valence-corrected chi connectivity index (χ1v) is 5.14. The van der Waals surface area contributed by atoms with Crippen molar-refractivity contribution in [1.82, 2.24) is 0 Å². The lowest BCUT2D eigenvalue weighted by Gasteiger charge is -2.11. The summed E-state index contributed by atoms with van der Waals surface area (Å²) in [7, 11) is 3.18. The Morgan fingerprint density at radius 2 is 2.06 bits per heavy atom. The van der Waals surface area contributed by atoms with Gasteiger partial charge in [-0.3, -0.25) is 4.79 Å². The van der Waals surface area contributed by atoms with Gasteiger partial charge in [0.25, 0.3) is 0 Å². The highest BCUT2D eigenvalue weighted by molar-refractivity contribution is 5.80. The quantitative estimate of drug-likeness (QED) is 0.786. The van der Waals surface area contributed by atoms with E-state index < -0.39 is 0 Å². The van der Waals surface area contributed by atoms with Crippen LogP contribution in [0.25, 0.3) is 0 Å². The number of nitrogens with two attached hydrogens (primary N) is 1. The molecule has 0 amide bonds. The second-order valence-electron chi connectivity index (χ2n) is 3.40. The second kappa shape index (κ2) is 6.12. The third-order valence-corrected chi connectivity index (χ3v) is 2.39. The third kappa shape index (κ3) is 2.97. The molecule has 0 bridgehead atoms. The average Bonchev–Trinajstić information content (AvgIpc) is 2.34. The molecule has 0 radical (unpaired) electrons. The summed E-state index contributed by atoms with van der Waals surface area (Å²) >= 11 is 0. The number of ketones is 1. The molecule has 16 heavy (non-hydrogen) atoms. The van der Waals surface area contributed by atoms with Crippen LogP contribution in [0.1, 0.15) is 12.0 Å². The molecule has 0 heterocycles. The fourth-order valence-electron chi connectivity index (χ4n) is 1.53. The van der Waals surface area contributed by atoms with Crippen molar-refractivity contribution in [2.45, 2.75) is 12.8 Å². The summed E-state index contributed by atoms with van der Waals surface area (Å²) in [6.45, 7) is 0.0896. The zero-order valence-corrected chi connectivity index (χ0v) is 9.66. The van der Waals surface area contributed by atoms with Crippen molar-refractivity contribution in [2.75, 3.05) is 20.8 Å². The summed E-state index contributed by atoms with van der Waals surface area (Å²) in [5.74, 6) is 1.42. The summed E-state index contributed by atoms with van der Waals surface area (Å²) in [4.78, 5) is 11.1. The molecule has 1 aromatic rings. The summed E-state index contributed by atoms with van der Waals surface area (Å²) in [5.41, 5.74) is 6.22. The van der Waals surface area contributed by atoms with Crippen molar-refractivity contribution in [2.24, 2.45) is 5.73 Å². The number of carbonyl (C=O) groups is 1. The molecule has 0 saturated carbocycles. The molecule has 2 N–H and O–H groups in total. The Balaban J connectivity index is 2.82. The Morgan fingerprint density at radius 1 is 1.31 bits per heavy atom. The van der Waals surface area contributed by atoms with E-state index in [0.29, 0.717) is 24.3 Å². The molecule has 88 valence electrons. The van der Waals surface area contributed by atoms with Crippen LogP contribution in [0.3, 0.4) is 0 Å². The van der Waals surface area contributed by atoms with Crippen molar-refractivity contribution < 1.29 is 14.3 Å². The summed E-state index contributed by atoms with van der Waals surface area (Å²) in [6, 6.07) is 5.63. The van der Waals surface area contributed by atoms with E-state index in [1.54, 1.807) is 14.2 Å². The maximum absolute atomic E-state index is 11.1. The number of aryl methyl sites for hydroxylation is 1. The molecule has 1 aromatic carbocycles. The van der Waals surface area contributed by atoms with Gasteiger partial charge in [0, 0.05) is 6.42 Å². The molecular weight excluding hydrogens is 206 g/mol. The molecule has 0 unspecified atom stereocenters. The Bertz CT molecular complexity index is 363. The van der Waals surface area contributed by atoms with Gasteiger partial charge in [-0.1, -0.05) is 12.1 Å². The largest absolute Gasteiger partial charge is 0.493 e. The van der Waals surface area contributed by atoms with Crippen molar-refractivity contribution in [3.8, 4) is 11.5 Å². The van der Waals surface area contributed by atoms with Gasteiger partial charge in [0.15, 0.2) is 11.5 Å². The first-order chi connectivity index (χ1) is 7.72. The summed E-state index contributed by atoms with van der Waals surface area (Å²) in [6.07, 6.45) is 1.05. The lowest BCUT2D eigenvalue weighted by molar-refractivity contribution is -0.117. The van der Waals surface area contributed by atoms with Gasteiger partial charge < -0.3 is 15.2 Å². The molecule has 0 saturated heterocycles. The van der Waals surface area contributed by atoms with E-state index in [9.17, 15) is 4.79 Å². The fourth-order valence-corrected chi connectivity index (χ4v) is 1.53. The van der Waals surface area contributed by atoms with Crippen LogP contribution >= 0.6 is 0 Å². The molecule has 0 spiro atoms. The van der Waals surface area contributed by atoms with Crippen LogP contribution in [-0.2, 0) is 11.2 Å². The standard InChI is InChI=1S/C12H17NO3/c1-15-11-5-3-4-9(12(11)16-2)6-7-10(14)8-13/h3-5H,6-8,13H2,1-2H3. The Kier molecular flexibility index (Phi) is 4.79. The van der Waals surface area contributed by atoms with Crippen molar-refractivity contribution in [1.29, 1.82) is 0 Å². The molecule has 0 atom stereocenters. The van der Waals surface area contributed by atoms with E-state index in [4.69, 9.17) is 15.2 Å². The zero-order chi connectivity index (χ0) is 12.0.